The maximum Gasteiger partial charge on any atom is 0.160 e. The maximum atomic E-state index is 5.44. The summed E-state index contributed by atoms with van der Waals surface area (Å²) in [6.45, 7) is 14.5. The lowest BCUT2D eigenvalue weighted by Gasteiger charge is -2.30. The van der Waals surface area contributed by atoms with Crippen molar-refractivity contribution in [2.24, 2.45) is 5.92 Å². The Morgan fingerprint density at radius 1 is 1.00 bits per heavy atom. The van der Waals surface area contributed by atoms with E-state index in [9.17, 15) is 0 Å². The quantitative estimate of drug-likeness (QED) is 0.395. The number of anilines is 1. The second-order valence-corrected chi connectivity index (χ2v) is 10.9. The summed E-state index contributed by atoms with van der Waals surface area (Å²) in [7, 11) is 0. The first-order chi connectivity index (χ1) is 18.1. The molecule has 0 amide bonds. The standard InChI is InChI=1S/C30H44N6O/c1-4-28-34-29-22(2)19-23(3)32-30(29)36(28)21-25-7-11-27(12-8-25)33-26-9-5-24(6-10-26)20-31-13-14-35-15-17-37-18-16-35/h7-8,11-12,19,24,26,31,33H,4-6,9-10,13-18,20-21H2,1-3H3. The zero-order chi connectivity index (χ0) is 25.6. The van der Waals surface area contributed by atoms with Gasteiger partial charge in [0.2, 0.25) is 0 Å². The SMILES string of the molecule is CCc1nc2c(C)cc(C)nc2n1Cc1ccc(NC2CCC(CNCCN3CCOCC3)CC2)cc1. The number of hydrogen-bond acceptors (Lipinski definition) is 6. The van der Waals surface area contributed by atoms with E-state index in [1.165, 1.54) is 42.5 Å². The van der Waals surface area contributed by atoms with Crippen LogP contribution in [0.15, 0.2) is 30.3 Å². The minimum absolute atomic E-state index is 0.579. The van der Waals surface area contributed by atoms with Gasteiger partial charge in [0.1, 0.15) is 11.3 Å². The van der Waals surface area contributed by atoms with Gasteiger partial charge in [0.15, 0.2) is 5.65 Å². The smallest absolute Gasteiger partial charge is 0.160 e. The molecular formula is C30H44N6O. The van der Waals surface area contributed by atoms with Crippen LogP contribution in [-0.2, 0) is 17.7 Å². The van der Waals surface area contributed by atoms with Gasteiger partial charge < -0.3 is 19.9 Å². The van der Waals surface area contributed by atoms with E-state index in [0.717, 1.165) is 87.5 Å². The number of nitrogens with one attached hydrogen (secondary N) is 2. The molecule has 5 rings (SSSR count). The van der Waals surface area contributed by atoms with Crippen LogP contribution in [0.2, 0.25) is 0 Å². The van der Waals surface area contributed by atoms with Crippen LogP contribution in [0.1, 0.15) is 55.3 Å². The van der Waals surface area contributed by atoms with Crippen molar-refractivity contribution >= 4 is 16.9 Å². The summed E-state index contributed by atoms with van der Waals surface area (Å²) in [6.07, 6.45) is 6.02. The highest BCUT2D eigenvalue weighted by Gasteiger charge is 2.21. The van der Waals surface area contributed by atoms with Crippen molar-refractivity contribution in [1.82, 2.24) is 24.8 Å². The van der Waals surface area contributed by atoms with E-state index in [4.69, 9.17) is 14.7 Å². The Kier molecular flexibility index (Phi) is 8.74. The Bertz CT molecular complexity index is 1140. The number of morpholine rings is 1. The van der Waals surface area contributed by atoms with Crippen molar-refractivity contribution in [3.8, 4) is 0 Å². The molecular weight excluding hydrogens is 460 g/mol. The van der Waals surface area contributed by atoms with Crippen molar-refractivity contribution in [3.05, 3.63) is 53.0 Å². The van der Waals surface area contributed by atoms with Gasteiger partial charge in [-0.2, -0.15) is 0 Å². The molecule has 0 atom stereocenters. The molecule has 37 heavy (non-hydrogen) atoms. The van der Waals surface area contributed by atoms with Crippen LogP contribution >= 0.6 is 0 Å². The van der Waals surface area contributed by atoms with Crippen LogP contribution < -0.4 is 10.6 Å². The van der Waals surface area contributed by atoms with E-state index in [-0.39, 0.29) is 0 Å². The maximum absolute atomic E-state index is 5.44. The number of imidazole rings is 1. The van der Waals surface area contributed by atoms with Crippen molar-refractivity contribution < 1.29 is 4.74 Å². The van der Waals surface area contributed by atoms with Gasteiger partial charge in [0.25, 0.3) is 0 Å². The number of benzene rings is 1. The molecule has 3 aromatic rings. The minimum atomic E-state index is 0.579. The van der Waals surface area contributed by atoms with Gasteiger partial charge in [-0.15, -0.1) is 0 Å². The predicted molar refractivity (Wildman–Crippen MR) is 151 cm³/mol. The van der Waals surface area contributed by atoms with Crippen molar-refractivity contribution in [2.45, 2.75) is 65.5 Å². The molecule has 1 saturated carbocycles. The molecule has 1 saturated heterocycles. The second-order valence-electron chi connectivity index (χ2n) is 10.9. The largest absolute Gasteiger partial charge is 0.382 e. The number of nitrogens with zero attached hydrogens (tertiary/aromatic N) is 4. The van der Waals surface area contributed by atoms with Crippen LogP contribution in [-0.4, -0.2) is 71.4 Å². The molecule has 2 aliphatic rings. The third-order valence-electron chi connectivity index (χ3n) is 8.07. The number of rotatable bonds is 10. The first-order valence-corrected chi connectivity index (χ1v) is 14.3. The Balaban J connectivity index is 1.08. The molecule has 7 heteroatoms. The fourth-order valence-corrected chi connectivity index (χ4v) is 5.89. The molecule has 2 fully saturated rings. The fraction of sp³-hybridized carbons (Fsp3) is 0.600. The second kappa shape index (κ2) is 12.4. The summed E-state index contributed by atoms with van der Waals surface area (Å²) in [5.41, 5.74) is 6.80. The minimum Gasteiger partial charge on any atom is -0.382 e. The van der Waals surface area contributed by atoms with E-state index in [1.807, 2.05) is 0 Å². The number of fused-ring (bicyclic) bond motifs is 1. The molecule has 0 radical (unpaired) electrons. The van der Waals surface area contributed by atoms with Gasteiger partial charge in [0.05, 0.1) is 19.8 Å². The Morgan fingerprint density at radius 2 is 1.76 bits per heavy atom. The van der Waals surface area contributed by atoms with Crippen molar-refractivity contribution in [3.63, 3.8) is 0 Å². The molecule has 0 spiro atoms. The normalized spacial score (nSPS) is 20.9. The van der Waals surface area contributed by atoms with Crippen molar-refractivity contribution in [1.29, 1.82) is 0 Å². The van der Waals surface area contributed by atoms with Gasteiger partial charge >= 0.3 is 0 Å². The van der Waals surface area contributed by atoms with Gasteiger partial charge in [0, 0.05) is 50.0 Å². The van der Waals surface area contributed by atoms with Gasteiger partial charge in [-0.1, -0.05) is 19.1 Å². The van der Waals surface area contributed by atoms with E-state index < -0.39 is 0 Å². The van der Waals surface area contributed by atoms with Gasteiger partial charge in [-0.25, -0.2) is 9.97 Å². The summed E-state index contributed by atoms with van der Waals surface area (Å²) in [4.78, 5) is 12.2. The fourth-order valence-electron chi connectivity index (χ4n) is 5.89. The average Bonchev–Trinajstić information content (AvgIpc) is 3.27. The van der Waals surface area contributed by atoms with Gasteiger partial charge in [-0.3, -0.25) is 4.90 Å². The summed E-state index contributed by atoms with van der Waals surface area (Å²) < 4.78 is 7.72. The van der Waals surface area contributed by atoms with E-state index in [1.54, 1.807) is 0 Å². The van der Waals surface area contributed by atoms with Crippen LogP contribution in [0, 0.1) is 19.8 Å². The van der Waals surface area contributed by atoms with Crippen LogP contribution in [0.4, 0.5) is 5.69 Å². The average molecular weight is 505 g/mol. The lowest BCUT2D eigenvalue weighted by Crippen LogP contribution is -2.41. The topological polar surface area (TPSA) is 67.2 Å². The Morgan fingerprint density at radius 3 is 2.49 bits per heavy atom. The molecule has 3 heterocycles. The van der Waals surface area contributed by atoms with E-state index in [0.29, 0.717) is 6.04 Å². The molecule has 200 valence electrons. The van der Waals surface area contributed by atoms with E-state index >= 15 is 0 Å². The third-order valence-corrected chi connectivity index (χ3v) is 8.07. The molecule has 1 aliphatic heterocycles. The predicted octanol–water partition coefficient (Wildman–Crippen LogP) is 4.55. The number of pyridine rings is 1. The van der Waals surface area contributed by atoms with Crippen LogP contribution in [0.25, 0.3) is 11.2 Å². The number of ether oxygens (including phenoxy) is 1. The number of aryl methyl sites for hydroxylation is 3. The highest BCUT2D eigenvalue weighted by atomic mass is 16.5. The highest BCUT2D eigenvalue weighted by molar-refractivity contribution is 5.76. The molecule has 1 aromatic carbocycles. The van der Waals surface area contributed by atoms with Crippen LogP contribution in [0.3, 0.4) is 0 Å². The molecule has 1 aliphatic carbocycles. The Hall–Kier alpha value is -2.48. The van der Waals surface area contributed by atoms with Crippen LogP contribution in [0.5, 0.6) is 0 Å². The molecule has 0 unspecified atom stereocenters. The lowest BCUT2D eigenvalue weighted by atomic mass is 9.86. The first kappa shape index (κ1) is 26.1. The molecule has 2 N–H and O–H groups in total. The van der Waals surface area contributed by atoms with Gasteiger partial charge in [-0.05, 0) is 81.3 Å². The summed E-state index contributed by atoms with van der Waals surface area (Å²) in [5.74, 6) is 1.91. The molecule has 2 aromatic heterocycles. The lowest BCUT2D eigenvalue weighted by molar-refractivity contribution is 0.0383. The number of aromatic nitrogens is 3. The summed E-state index contributed by atoms with van der Waals surface area (Å²) in [5, 5.41) is 7.50. The monoisotopic (exact) mass is 504 g/mol. The third kappa shape index (κ3) is 6.70. The molecule has 7 nitrogen and oxygen atoms in total. The van der Waals surface area contributed by atoms with Crippen molar-refractivity contribution in [2.75, 3.05) is 51.3 Å². The number of hydrogen-bond donors (Lipinski definition) is 2. The first-order valence-electron chi connectivity index (χ1n) is 14.3. The summed E-state index contributed by atoms with van der Waals surface area (Å²) in [6, 6.07) is 11.7. The Labute approximate surface area is 222 Å². The zero-order valence-corrected chi connectivity index (χ0v) is 22.9. The summed E-state index contributed by atoms with van der Waals surface area (Å²) >= 11 is 0. The molecule has 0 bridgehead atoms. The van der Waals surface area contributed by atoms with E-state index in [2.05, 4.69) is 71.2 Å². The highest BCUT2D eigenvalue weighted by Crippen LogP contribution is 2.27. The zero-order valence-electron chi connectivity index (χ0n) is 22.9.